The van der Waals surface area contributed by atoms with E-state index in [9.17, 15) is 0 Å². The third kappa shape index (κ3) is 0.929. The number of hydrogen-bond donors (Lipinski definition) is 1. The lowest BCUT2D eigenvalue weighted by Gasteiger charge is -2.20. The van der Waals surface area contributed by atoms with Gasteiger partial charge in [0.1, 0.15) is 0 Å². The van der Waals surface area contributed by atoms with Crippen molar-refractivity contribution in [3.05, 3.63) is 35.4 Å². The maximum absolute atomic E-state index is 3.30. The molecule has 0 saturated heterocycles. The Balaban J connectivity index is 2.24. The molecule has 2 rings (SSSR count). The molecule has 0 aromatic heterocycles. The summed E-state index contributed by atoms with van der Waals surface area (Å²) in [5, 5.41) is 3.30. The molecule has 1 heteroatoms. The van der Waals surface area contributed by atoms with Gasteiger partial charge in [0.05, 0.1) is 0 Å². The van der Waals surface area contributed by atoms with Gasteiger partial charge < -0.3 is 5.32 Å². The first-order valence-corrected chi connectivity index (χ1v) is 3.97. The van der Waals surface area contributed by atoms with E-state index < -0.39 is 0 Å². The van der Waals surface area contributed by atoms with Gasteiger partial charge in [-0.2, -0.15) is 0 Å². The molecule has 1 aliphatic rings. The highest BCUT2D eigenvalue weighted by Crippen LogP contribution is 2.29. The third-order valence-electron chi connectivity index (χ3n) is 1.92. The Hall–Kier alpha value is -1.24. The van der Waals surface area contributed by atoms with Crippen LogP contribution in [-0.4, -0.2) is 6.54 Å². The van der Waals surface area contributed by atoms with Gasteiger partial charge in [-0.3, -0.25) is 0 Å². The van der Waals surface area contributed by atoms with Gasteiger partial charge in [-0.05, 0) is 18.6 Å². The van der Waals surface area contributed by atoms with Crippen molar-refractivity contribution in [2.45, 2.75) is 6.92 Å². The Labute approximate surface area is 66.7 Å². The molecular weight excluding hydrogens is 134 g/mol. The molecule has 1 nitrogen and oxygen atoms in total. The van der Waals surface area contributed by atoms with E-state index in [1.54, 1.807) is 0 Å². The van der Waals surface area contributed by atoms with Crippen molar-refractivity contribution in [3.63, 3.8) is 0 Å². The largest absolute Gasteiger partial charge is 0.385 e. The molecule has 1 aromatic rings. The molecule has 0 atom stereocenters. The highest BCUT2D eigenvalue weighted by atomic mass is 14.9. The van der Waals surface area contributed by atoms with Gasteiger partial charge in [-0.1, -0.05) is 24.3 Å². The van der Waals surface area contributed by atoms with Crippen molar-refractivity contribution in [2.24, 2.45) is 0 Å². The SMILES string of the molecule is CCNC1=Cc2ccccc21. The van der Waals surface area contributed by atoms with Crippen LogP contribution in [0.3, 0.4) is 0 Å². The molecule has 1 N–H and O–H groups in total. The molecule has 0 amide bonds. The normalized spacial score (nSPS) is 13.0. The van der Waals surface area contributed by atoms with E-state index in [-0.39, 0.29) is 0 Å². The Morgan fingerprint density at radius 2 is 2.09 bits per heavy atom. The average Bonchev–Trinajstić information content (AvgIpc) is 2.01. The first-order valence-electron chi connectivity index (χ1n) is 3.97. The van der Waals surface area contributed by atoms with Gasteiger partial charge in [0.2, 0.25) is 0 Å². The summed E-state index contributed by atoms with van der Waals surface area (Å²) in [4.78, 5) is 0. The zero-order chi connectivity index (χ0) is 7.68. The Morgan fingerprint density at radius 3 is 2.82 bits per heavy atom. The first kappa shape index (κ1) is 6.47. The number of rotatable bonds is 2. The molecule has 0 aliphatic heterocycles. The second-order valence-corrected chi connectivity index (χ2v) is 2.68. The molecule has 56 valence electrons. The van der Waals surface area contributed by atoms with Crippen LogP contribution in [-0.2, 0) is 0 Å². The van der Waals surface area contributed by atoms with Gasteiger partial charge in [0, 0.05) is 17.8 Å². The summed E-state index contributed by atoms with van der Waals surface area (Å²) in [7, 11) is 0. The fourth-order valence-electron chi connectivity index (χ4n) is 1.36. The van der Waals surface area contributed by atoms with Crippen LogP contribution in [0.5, 0.6) is 0 Å². The van der Waals surface area contributed by atoms with Crippen molar-refractivity contribution >= 4 is 11.8 Å². The number of nitrogens with one attached hydrogen (secondary N) is 1. The lowest BCUT2D eigenvalue weighted by molar-refractivity contribution is 0.937. The van der Waals surface area contributed by atoms with Crippen LogP contribution >= 0.6 is 0 Å². The van der Waals surface area contributed by atoms with Crippen LogP contribution in [0.4, 0.5) is 0 Å². The van der Waals surface area contributed by atoms with Crippen LogP contribution in [0.1, 0.15) is 18.1 Å². The molecule has 0 saturated carbocycles. The fraction of sp³-hybridized carbons (Fsp3) is 0.200. The first-order chi connectivity index (χ1) is 5.42. The molecule has 1 aromatic carbocycles. The van der Waals surface area contributed by atoms with Crippen molar-refractivity contribution in [1.29, 1.82) is 0 Å². The number of fused-ring (bicyclic) bond motifs is 1. The van der Waals surface area contributed by atoms with E-state index in [0.717, 1.165) is 6.54 Å². The van der Waals surface area contributed by atoms with Gasteiger partial charge in [-0.25, -0.2) is 0 Å². The predicted octanol–water partition coefficient (Wildman–Crippen LogP) is 2.11. The number of hydrogen-bond acceptors (Lipinski definition) is 1. The summed E-state index contributed by atoms with van der Waals surface area (Å²) in [6.07, 6.45) is 2.18. The summed E-state index contributed by atoms with van der Waals surface area (Å²) >= 11 is 0. The molecule has 11 heavy (non-hydrogen) atoms. The maximum atomic E-state index is 3.30. The predicted molar refractivity (Wildman–Crippen MR) is 48.0 cm³/mol. The summed E-state index contributed by atoms with van der Waals surface area (Å²) in [5.74, 6) is 0. The van der Waals surface area contributed by atoms with Crippen LogP contribution in [0.25, 0.3) is 11.8 Å². The second kappa shape index (κ2) is 2.42. The van der Waals surface area contributed by atoms with Gasteiger partial charge in [-0.15, -0.1) is 0 Å². The quantitative estimate of drug-likeness (QED) is 0.672. The minimum absolute atomic E-state index is 1.00. The lowest BCUT2D eigenvalue weighted by Crippen LogP contribution is -2.16. The van der Waals surface area contributed by atoms with Crippen molar-refractivity contribution in [3.8, 4) is 0 Å². The summed E-state index contributed by atoms with van der Waals surface area (Å²) < 4.78 is 0. The molecule has 1 aliphatic carbocycles. The second-order valence-electron chi connectivity index (χ2n) is 2.68. The number of benzene rings is 1. The van der Waals surface area contributed by atoms with Gasteiger partial charge in [0.15, 0.2) is 0 Å². The monoisotopic (exact) mass is 145 g/mol. The zero-order valence-corrected chi connectivity index (χ0v) is 6.59. The average molecular weight is 145 g/mol. The van der Waals surface area contributed by atoms with E-state index in [1.165, 1.54) is 16.8 Å². The molecule has 0 heterocycles. The Kier molecular flexibility index (Phi) is 1.42. The highest BCUT2D eigenvalue weighted by molar-refractivity contribution is 5.94. The fourth-order valence-corrected chi connectivity index (χ4v) is 1.36. The van der Waals surface area contributed by atoms with Gasteiger partial charge in [0.25, 0.3) is 0 Å². The van der Waals surface area contributed by atoms with Crippen LogP contribution in [0.2, 0.25) is 0 Å². The molecule has 0 unspecified atom stereocenters. The van der Waals surface area contributed by atoms with E-state index >= 15 is 0 Å². The van der Waals surface area contributed by atoms with Crippen LogP contribution in [0.15, 0.2) is 24.3 Å². The van der Waals surface area contributed by atoms with Gasteiger partial charge >= 0.3 is 0 Å². The highest BCUT2D eigenvalue weighted by Gasteiger charge is 2.12. The zero-order valence-electron chi connectivity index (χ0n) is 6.59. The van der Waals surface area contributed by atoms with Crippen molar-refractivity contribution < 1.29 is 0 Å². The summed E-state index contributed by atoms with van der Waals surface area (Å²) in [5.41, 5.74) is 3.99. The van der Waals surface area contributed by atoms with Crippen molar-refractivity contribution in [1.82, 2.24) is 5.32 Å². The Morgan fingerprint density at radius 1 is 1.27 bits per heavy atom. The molecule has 0 spiro atoms. The molecule has 0 fully saturated rings. The van der Waals surface area contributed by atoms with E-state index in [0.29, 0.717) is 0 Å². The van der Waals surface area contributed by atoms with Crippen molar-refractivity contribution in [2.75, 3.05) is 6.54 Å². The topological polar surface area (TPSA) is 12.0 Å². The third-order valence-corrected chi connectivity index (χ3v) is 1.92. The molecular formula is C10H11N. The standard InChI is InChI=1S/C10H11N/c1-2-11-10-7-8-5-3-4-6-9(8)10/h3-7,11H,2H2,1H3. The van der Waals surface area contributed by atoms with E-state index in [1.807, 2.05) is 0 Å². The molecule has 0 bridgehead atoms. The smallest absolute Gasteiger partial charge is 0.0426 e. The Bertz CT molecular complexity index is 299. The minimum atomic E-state index is 1.00. The van der Waals surface area contributed by atoms with Crippen LogP contribution < -0.4 is 5.32 Å². The minimum Gasteiger partial charge on any atom is -0.385 e. The summed E-state index contributed by atoms with van der Waals surface area (Å²) in [6, 6.07) is 8.42. The maximum Gasteiger partial charge on any atom is 0.0426 e. The summed E-state index contributed by atoms with van der Waals surface area (Å²) in [6.45, 7) is 3.11. The van der Waals surface area contributed by atoms with Crippen LogP contribution in [0, 0.1) is 0 Å². The van der Waals surface area contributed by atoms with E-state index in [2.05, 4.69) is 42.6 Å². The van der Waals surface area contributed by atoms with E-state index in [4.69, 9.17) is 0 Å². The molecule has 0 radical (unpaired) electrons. The lowest BCUT2D eigenvalue weighted by atomic mass is 9.94.